The highest BCUT2D eigenvalue weighted by Gasteiger charge is 2.26. The molecule has 2 aromatic carbocycles. The molecule has 0 bridgehead atoms. The summed E-state index contributed by atoms with van der Waals surface area (Å²) in [7, 11) is 0. The molecule has 1 saturated heterocycles. The third kappa shape index (κ3) is 5.36. The SMILES string of the molecule is O=C(Nc1cc(Cl)c(Cl)cc1Cl)C1CCN(Cc2nc(-c3ccc(F)cc3)no2)CC1. The molecule has 0 aliphatic carbocycles. The Morgan fingerprint density at radius 3 is 2.48 bits per heavy atom. The molecule has 1 aromatic heterocycles. The predicted octanol–water partition coefficient (Wildman–Crippen LogP) is 5.69. The average molecular weight is 484 g/mol. The largest absolute Gasteiger partial charge is 0.338 e. The van der Waals surface area contributed by atoms with E-state index in [2.05, 4.69) is 20.4 Å². The molecular weight excluding hydrogens is 466 g/mol. The number of carbonyl (C=O) groups excluding carboxylic acids is 1. The molecular formula is C21H18Cl3FN4O2. The average Bonchev–Trinajstić information content (AvgIpc) is 3.21. The fraction of sp³-hybridized carbons (Fsp3) is 0.286. The van der Waals surface area contributed by atoms with Crippen LogP contribution in [0.15, 0.2) is 40.9 Å². The monoisotopic (exact) mass is 482 g/mol. The van der Waals surface area contributed by atoms with Crippen molar-refractivity contribution >= 4 is 46.4 Å². The molecule has 1 fully saturated rings. The zero-order valence-electron chi connectivity index (χ0n) is 16.2. The zero-order chi connectivity index (χ0) is 22.0. The van der Waals surface area contributed by atoms with E-state index >= 15 is 0 Å². The lowest BCUT2D eigenvalue weighted by Gasteiger charge is -2.30. The van der Waals surface area contributed by atoms with Gasteiger partial charge < -0.3 is 9.84 Å². The van der Waals surface area contributed by atoms with Gasteiger partial charge >= 0.3 is 0 Å². The van der Waals surface area contributed by atoms with E-state index in [4.69, 9.17) is 39.3 Å². The molecule has 0 atom stereocenters. The second kappa shape index (κ2) is 9.53. The van der Waals surface area contributed by atoms with Crippen LogP contribution >= 0.6 is 34.8 Å². The van der Waals surface area contributed by atoms with Crippen molar-refractivity contribution in [3.8, 4) is 11.4 Å². The number of hydrogen-bond donors (Lipinski definition) is 1. The fourth-order valence-electron chi connectivity index (χ4n) is 3.43. The third-order valence-electron chi connectivity index (χ3n) is 5.16. The second-order valence-corrected chi connectivity index (χ2v) is 8.53. The van der Waals surface area contributed by atoms with E-state index in [-0.39, 0.29) is 17.6 Å². The first-order valence-electron chi connectivity index (χ1n) is 9.65. The van der Waals surface area contributed by atoms with Crippen molar-refractivity contribution in [2.75, 3.05) is 18.4 Å². The van der Waals surface area contributed by atoms with Crippen LogP contribution < -0.4 is 5.32 Å². The smallest absolute Gasteiger partial charge is 0.241 e. The number of anilines is 1. The van der Waals surface area contributed by atoms with Gasteiger partial charge in [-0.05, 0) is 62.3 Å². The molecule has 31 heavy (non-hydrogen) atoms. The van der Waals surface area contributed by atoms with Crippen molar-refractivity contribution in [3.05, 3.63) is 63.2 Å². The van der Waals surface area contributed by atoms with Crippen molar-refractivity contribution in [3.63, 3.8) is 0 Å². The lowest BCUT2D eigenvalue weighted by Crippen LogP contribution is -2.37. The summed E-state index contributed by atoms with van der Waals surface area (Å²) in [5.41, 5.74) is 1.13. The molecule has 4 rings (SSSR count). The summed E-state index contributed by atoms with van der Waals surface area (Å²) in [5, 5.41) is 7.80. The highest BCUT2D eigenvalue weighted by Crippen LogP contribution is 2.33. The van der Waals surface area contributed by atoms with Gasteiger partial charge in [-0.1, -0.05) is 40.0 Å². The lowest BCUT2D eigenvalue weighted by atomic mass is 9.96. The Balaban J connectivity index is 1.30. The molecule has 1 amide bonds. The topological polar surface area (TPSA) is 71.3 Å². The molecule has 3 aromatic rings. The highest BCUT2D eigenvalue weighted by molar-refractivity contribution is 6.44. The summed E-state index contributed by atoms with van der Waals surface area (Å²) in [4.78, 5) is 19.2. The van der Waals surface area contributed by atoms with E-state index in [0.717, 1.165) is 0 Å². The number of hydrogen-bond acceptors (Lipinski definition) is 5. The minimum atomic E-state index is -0.319. The van der Waals surface area contributed by atoms with Gasteiger partial charge in [-0.3, -0.25) is 9.69 Å². The number of aromatic nitrogens is 2. The molecule has 0 radical (unpaired) electrons. The molecule has 0 spiro atoms. The maximum absolute atomic E-state index is 13.1. The van der Waals surface area contributed by atoms with Crippen LogP contribution in [0.5, 0.6) is 0 Å². The Morgan fingerprint density at radius 2 is 1.77 bits per heavy atom. The number of carbonyl (C=O) groups is 1. The van der Waals surface area contributed by atoms with Crippen LogP contribution in [0.4, 0.5) is 10.1 Å². The van der Waals surface area contributed by atoms with Crippen molar-refractivity contribution in [2.45, 2.75) is 19.4 Å². The number of piperidine rings is 1. The summed E-state index contributed by atoms with van der Waals surface area (Å²) in [6.45, 7) is 1.91. The number of nitrogens with zero attached hydrogens (tertiary/aromatic N) is 3. The van der Waals surface area contributed by atoms with E-state index in [1.165, 1.54) is 18.2 Å². The Bertz CT molecular complexity index is 1080. The van der Waals surface area contributed by atoms with Gasteiger partial charge in [0.25, 0.3) is 0 Å². The van der Waals surface area contributed by atoms with E-state index in [9.17, 15) is 9.18 Å². The Morgan fingerprint density at radius 1 is 1.10 bits per heavy atom. The molecule has 10 heteroatoms. The lowest BCUT2D eigenvalue weighted by molar-refractivity contribution is -0.121. The van der Waals surface area contributed by atoms with E-state index < -0.39 is 0 Å². The van der Waals surface area contributed by atoms with Crippen LogP contribution in [-0.2, 0) is 11.3 Å². The van der Waals surface area contributed by atoms with Gasteiger partial charge in [0.2, 0.25) is 17.6 Å². The van der Waals surface area contributed by atoms with Crippen LogP contribution in [0.25, 0.3) is 11.4 Å². The normalized spacial score (nSPS) is 15.2. The minimum Gasteiger partial charge on any atom is -0.338 e. The van der Waals surface area contributed by atoms with Gasteiger partial charge in [0.05, 0.1) is 27.3 Å². The number of nitrogens with one attached hydrogen (secondary N) is 1. The Kier molecular flexibility index (Phi) is 6.77. The second-order valence-electron chi connectivity index (χ2n) is 7.30. The van der Waals surface area contributed by atoms with Gasteiger partial charge in [-0.25, -0.2) is 4.39 Å². The molecule has 2 heterocycles. The molecule has 6 nitrogen and oxygen atoms in total. The van der Waals surface area contributed by atoms with Crippen LogP contribution in [-0.4, -0.2) is 34.0 Å². The van der Waals surface area contributed by atoms with Crippen LogP contribution in [0.2, 0.25) is 15.1 Å². The quantitative estimate of drug-likeness (QED) is 0.472. The molecule has 0 saturated carbocycles. The summed E-state index contributed by atoms with van der Waals surface area (Å²) in [5.74, 6) is 0.337. The number of likely N-dealkylation sites (tertiary alicyclic amines) is 1. The van der Waals surface area contributed by atoms with Crippen molar-refractivity contribution in [1.82, 2.24) is 15.0 Å². The summed E-state index contributed by atoms with van der Waals surface area (Å²) >= 11 is 18.1. The van der Waals surface area contributed by atoms with Crippen LogP contribution in [0.3, 0.4) is 0 Å². The minimum absolute atomic E-state index is 0.101. The van der Waals surface area contributed by atoms with Gasteiger partial charge in [0.1, 0.15) is 5.82 Å². The fourth-order valence-corrected chi connectivity index (χ4v) is 4.03. The molecule has 1 aliphatic rings. The predicted molar refractivity (Wildman–Crippen MR) is 118 cm³/mol. The third-order valence-corrected chi connectivity index (χ3v) is 6.19. The first-order chi connectivity index (χ1) is 14.9. The summed E-state index contributed by atoms with van der Waals surface area (Å²) < 4.78 is 18.4. The molecule has 162 valence electrons. The van der Waals surface area contributed by atoms with E-state index in [0.29, 0.717) is 70.5 Å². The highest BCUT2D eigenvalue weighted by atomic mass is 35.5. The Hall–Kier alpha value is -2.19. The van der Waals surface area contributed by atoms with E-state index in [1.807, 2.05) is 0 Å². The maximum atomic E-state index is 13.1. The van der Waals surface area contributed by atoms with Crippen LogP contribution in [0.1, 0.15) is 18.7 Å². The first-order valence-corrected chi connectivity index (χ1v) is 10.8. The van der Waals surface area contributed by atoms with Crippen molar-refractivity contribution in [2.24, 2.45) is 5.92 Å². The van der Waals surface area contributed by atoms with Gasteiger partial charge in [0, 0.05) is 11.5 Å². The number of rotatable bonds is 5. The van der Waals surface area contributed by atoms with Crippen molar-refractivity contribution in [1.29, 1.82) is 0 Å². The van der Waals surface area contributed by atoms with Gasteiger partial charge in [-0.2, -0.15) is 4.98 Å². The number of benzene rings is 2. The van der Waals surface area contributed by atoms with E-state index in [1.54, 1.807) is 18.2 Å². The molecule has 1 N–H and O–H groups in total. The van der Waals surface area contributed by atoms with Crippen LogP contribution in [0, 0.1) is 11.7 Å². The van der Waals surface area contributed by atoms with Crippen molar-refractivity contribution < 1.29 is 13.7 Å². The standard InChI is InChI=1S/C21H18Cl3FN4O2/c22-15-9-17(24)18(10-16(15)23)26-21(30)13-5-7-29(8-6-13)11-19-27-20(28-31-19)12-1-3-14(25)4-2-12/h1-4,9-10,13H,5-8,11H2,(H,26,30). The summed E-state index contributed by atoms with van der Waals surface area (Å²) in [6.07, 6.45) is 1.37. The first kappa shape index (κ1) is 22.0. The number of amides is 1. The van der Waals surface area contributed by atoms with Gasteiger partial charge in [-0.15, -0.1) is 0 Å². The molecule has 0 unspecified atom stereocenters. The van der Waals surface area contributed by atoms with Gasteiger partial charge in [0.15, 0.2) is 0 Å². The zero-order valence-corrected chi connectivity index (χ0v) is 18.5. The number of halogens is 4. The maximum Gasteiger partial charge on any atom is 0.241 e. The summed E-state index contributed by atoms with van der Waals surface area (Å²) in [6, 6.07) is 8.98. The molecule has 1 aliphatic heterocycles. The Labute approximate surface area is 193 Å².